The molecule has 0 aliphatic heterocycles. The van der Waals surface area contributed by atoms with Crippen LogP contribution >= 0.6 is 0 Å². The van der Waals surface area contributed by atoms with E-state index >= 15 is 0 Å². The Balaban J connectivity index is 0.000000132. The summed E-state index contributed by atoms with van der Waals surface area (Å²) in [5.74, 6) is 1.84. The first-order valence-electron chi connectivity index (χ1n) is 43.7. The molecule has 0 unspecified atom stereocenters. The van der Waals surface area contributed by atoms with Gasteiger partial charge in [-0.2, -0.15) is 18.3 Å². The highest BCUT2D eigenvalue weighted by atomic mass is 15.0. The fourth-order valence-corrected chi connectivity index (χ4v) is 18.3. The van der Waals surface area contributed by atoms with Gasteiger partial charge in [0.05, 0.1) is 44.3 Å². The number of hydrogen-bond donors (Lipinski definition) is 0. The Hall–Kier alpha value is -12.0. The SMILES string of the molecule is Cc1cc(C)c(C)c(-c2ccc3c(-c4ccc(C(C)C)cn4)cccc3[n+]2C)c1.Cc1cc(C)c(C)c(-c2ccc3c(-c4ccc(C5CCCC5)cn4)cccc3[n+]2C)c1.Cc1cc(C)c(C)c(-c2ccc3c(-c4ccc(CC(C)(C)C)cn4)cccc3[n+]2C)c1.Cc1cc(C)c(C)c(-c2ccc3c(-c4ccc(CC(C)C)cn4)cccc3[n+]2C)c1. The fourth-order valence-electron chi connectivity index (χ4n) is 18.3. The quantitative estimate of drug-likeness (QED) is 0.108. The van der Waals surface area contributed by atoms with E-state index in [2.05, 4.69) is 403 Å². The van der Waals surface area contributed by atoms with E-state index in [9.17, 15) is 0 Å². The molecule has 16 aromatic rings. The lowest BCUT2D eigenvalue weighted by atomic mass is 9.88. The molecule has 8 heteroatoms. The second-order valence-electron chi connectivity index (χ2n) is 36.6. The van der Waals surface area contributed by atoms with Gasteiger partial charge in [0.25, 0.3) is 0 Å². The van der Waals surface area contributed by atoms with Gasteiger partial charge >= 0.3 is 0 Å². The van der Waals surface area contributed by atoms with E-state index in [1.807, 2.05) is 18.6 Å². The largest absolute Gasteiger partial charge is 0.256 e. The molecule has 1 aliphatic rings. The molecule has 0 N–H and O–H groups in total. The minimum atomic E-state index is 0.263. The Labute approximate surface area is 720 Å². The minimum Gasteiger partial charge on any atom is -0.256 e. The molecule has 8 aromatic heterocycles. The molecule has 8 nitrogen and oxygen atoms in total. The summed E-state index contributed by atoms with van der Waals surface area (Å²) in [6.07, 6.45) is 15.6. The van der Waals surface area contributed by atoms with Gasteiger partial charge < -0.3 is 0 Å². The highest BCUT2D eigenvalue weighted by Crippen LogP contribution is 2.39. The van der Waals surface area contributed by atoms with Crippen LogP contribution in [0.4, 0.5) is 0 Å². The first kappa shape index (κ1) is 85.4. The molecular formula is C113H124N8+4. The molecule has 0 atom stereocenters. The number of aromatic nitrogens is 8. The first-order valence-corrected chi connectivity index (χ1v) is 43.7. The van der Waals surface area contributed by atoms with Gasteiger partial charge in [-0.05, 0) is 271 Å². The van der Waals surface area contributed by atoms with E-state index in [0.717, 1.165) is 35.6 Å². The van der Waals surface area contributed by atoms with Crippen LogP contribution in [-0.2, 0) is 41.0 Å². The molecule has 1 saturated carbocycles. The maximum Gasteiger partial charge on any atom is 0.213 e. The maximum atomic E-state index is 4.88. The van der Waals surface area contributed by atoms with E-state index in [4.69, 9.17) is 19.9 Å². The molecule has 0 saturated heterocycles. The van der Waals surface area contributed by atoms with Gasteiger partial charge in [-0.1, -0.05) is 181 Å². The van der Waals surface area contributed by atoms with Gasteiger partial charge in [-0.25, -0.2) is 0 Å². The van der Waals surface area contributed by atoms with Crippen molar-refractivity contribution in [3.05, 3.63) is 332 Å². The zero-order valence-electron chi connectivity index (χ0n) is 76.1. The van der Waals surface area contributed by atoms with Crippen molar-refractivity contribution < 1.29 is 18.3 Å². The van der Waals surface area contributed by atoms with Crippen molar-refractivity contribution in [2.24, 2.45) is 39.5 Å². The Kier molecular flexibility index (Phi) is 25.5. The van der Waals surface area contributed by atoms with Crippen LogP contribution in [0.2, 0.25) is 0 Å². The third-order valence-corrected chi connectivity index (χ3v) is 25.4. The average molecular weight is 1590 g/mol. The predicted molar refractivity (Wildman–Crippen MR) is 509 cm³/mol. The maximum absolute atomic E-state index is 4.88. The van der Waals surface area contributed by atoms with Crippen LogP contribution < -0.4 is 18.3 Å². The number of aryl methyl sites for hydroxylation is 12. The van der Waals surface area contributed by atoms with Gasteiger partial charge in [0.1, 0.15) is 28.2 Å². The van der Waals surface area contributed by atoms with Crippen LogP contribution in [0.3, 0.4) is 0 Å². The molecule has 8 aromatic carbocycles. The number of hydrogen-bond acceptors (Lipinski definition) is 4. The smallest absolute Gasteiger partial charge is 0.213 e. The monoisotopic (exact) mass is 1590 g/mol. The van der Waals surface area contributed by atoms with E-state index in [0.29, 0.717) is 17.8 Å². The number of benzene rings is 8. The molecule has 1 aliphatic carbocycles. The average Bonchev–Trinajstić information content (AvgIpc) is 0.897. The van der Waals surface area contributed by atoms with Crippen molar-refractivity contribution in [2.45, 2.75) is 182 Å². The van der Waals surface area contributed by atoms with Crippen LogP contribution in [0.1, 0.15) is 175 Å². The van der Waals surface area contributed by atoms with Crippen molar-refractivity contribution in [3.63, 3.8) is 0 Å². The first-order chi connectivity index (χ1) is 57.9. The Morgan fingerprint density at radius 1 is 0.322 bits per heavy atom. The molecule has 1 fully saturated rings. The van der Waals surface area contributed by atoms with Crippen molar-refractivity contribution >= 4 is 43.6 Å². The van der Waals surface area contributed by atoms with Crippen molar-refractivity contribution in [1.29, 1.82) is 0 Å². The number of rotatable bonds is 13. The zero-order valence-corrected chi connectivity index (χ0v) is 76.1. The molecule has 0 radical (unpaired) electrons. The third-order valence-electron chi connectivity index (χ3n) is 25.4. The number of nitrogens with zero attached hydrogens (tertiary/aromatic N) is 8. The number of pyridine rings is 8. The second-order valence-corrected chi connectivity index (χ2v) is 36.6. The third kappa shape index (κ3) is 18.5. The van der Waals surface area contributed by atoms with E-state index in [1.54, 1.807) is 0 Å². The summed E-state index contributed by atoms with van der Waals surface area (Å²) in [5, 5.41) is 4.93. The van der Waals surface area contributed by atoms with E-state index in [-0.39, 0.29) is 5.41 Å². The lowest BCUT2D eigenvalue weighted by Crippen LogP contribution is -2.32. The lowest BCUT2D eigenvalue weighted by Gasteiger charge is -2.18. The van der Waals surface area contributed by atoms with Gasteiger partial charge in [0.2, 0.25) is 44.8 Å². The molecule has 0 bridgehead atoms. The van der Waals surface area contributed by atoms with Gasteiger partial charge in [0, 0.05) is 118 Å². The van der Waals surface area contributed by atoms with Gasteiger partial charge in [0.15, 0.2) is 0 Å². The molecule has 0 amide bonds. The summed E-state index contributed by atoms with van der Waals surface area (Å²) in [6.45, 7) is 42.0. The Morgan fingerprint density at radius 2 is 0.628 bits per heavy atom. The Morgan fingerprint density at radius 3 is 0.901 bits per heavy atom. The second kappa shape index (κ2) is 36.1. The summed E-state index contributed by atoms with van der Waals surface area (Å²) in [6, 6.07) is 79.9. The summed E-state index contributed by atoms with van der Waals surface area (Å²) < 4.78 is 9.26. The van der Waals surface area contributed by atoms with Crippen LogP contribution in [0.5, 0.6) is 0 Å². The molecule has 0 spiro atoms. The highest BCUT2D eigenvalue weighted by molar-refractivity contribution is 5.96. The zero-order chi connectivity index (χ0) is 86.0. The van der Waals surface area contributed by atoms with Crippen molar-refractivity contribution in [1.82, 2.24) is 19.9 Å². The van der Waals surface area contributed by atoms with Gasteiger partial charge in [-0.3, -0.25) is 19.9 Å². The molecule has 17 rings (SSSR count). The van der Waals surface area contributed by atoms with Gasteiger partial charge in [-0.15, -0.1) is 0 Å². The van der Waals surface area contributed by atoms with Crippen LogP contribution in [0.15, 0.2) is 243 Å². The van der Waals surface area contributed by atoms with E-state index in [1.165, 1.54) is 226 Å². The summed E-state index contributed by atoms with van der Waals surface area (Å²) in [4.78, 5) is 19.3. The predicted octanol–water partition coefficient (Wildman–Crippen LogP) is 26.8. The van der Waals surface area contributed by atoms with Crippen molar-refractivity contribution in [3.8, 4) is 90.1 Å². The van der Waals surface area contributed by atoms with Crippen LogP contribution in [0, 0.1) is 94.4 Å². The molecule has 612 valence electrons. The fraction of sp³-hybridized carbons (Fsp3) is 0.292. The topological polar surface area (TPSA) is 67.1 Å². The molecular weight excluding hydrogens is 1470 g/mol. The minimum absolute atomic E-state index is 0.263. The van der Waals surface area contributed by atoms with Crippen LogP contribution in [0.25, 0.3) is 134 Å². The summed E-state index contributed by atoms with van der Waals surface area (Å²) in [7, 11) is 8.67. The molecule has 8 heterocycles. The Bertz CT molecular complexity index is 6530. The molecule has 121 heavy (non-hydrogen) atoms. The lowest BCUT2D eigenvalue weighted by molar-refractivity contribution is -0.633. The van der Waals surface area contributed by atoms with Crippen molar-refractivity contribution in [2.75, 3.05) is 0 Å². The summed E-state index contributed by atoms with van der Waals surface area (Å²) in [5.41, 5.74) is 45.4. The van der Waals surface area contributed by atoms with E-state index < -0.39 is 0 Å². The highest BCUT2D eigenvalue weighted by Gasteiger charge is 2.27. The number of fused-ring (bicyclic) bond motifs is 4. The normalized spacial score (nSPS) is 12.3. The summed E-state index contributed by atoms with van der Waals surface area (Å²) >= 11 is 0. The standard InChI is InChI=1S/C29H31N2.C29H33N2.C28H31N2.C27H29N2/c1-19-16-20(2)21(3)26(17-19)29-15-13-25-24(10-7-11-28(25)31(29)4)27-14-12-23(18-30-27)22-8-5-6-9-22;1-19-15-20(2)21(3)25(16-19)28-14-12-24-23(9-8-10-27(24)31(28)7)26-13-11-22(18-30-26)17-29(4,5)6;1-18(2)14-22-10-12-26(29-17-22)23-8-7-9-27-24(23)11-13-28(30(27)6)25-16-19(3)15-20(4)21(25)5;1-17(2)21-10-12-25(28-16-21)22-8-7-9-26-23(22)11-13-27(29(26)6)24-15-18(3)14-19(4)20(24)5/h7,10-18,22H,5-6,8-9H2,1-4H3;8-16,18H,17H2,1-7H3;7-13,15-18H,14H2,1-6H3;7-17H,1-6H3/q4*+1. The van der Waals surface area contributed by atoms with Crippen LogP contribution in [-0.4, -0.2) is 19.9 Å².